The minimum Gasteiger partial charge on any atom is -0.463 e. The Balaban J connectivity index is 0.00000112. The van der Waals surface area contributed by atoms with Crippen LogP contribution in [0.15, 0.2) is 35.5 Å². The van der Waals surface area contributed by atoms with Gasteiger partial charge in [0.05, 0.1) is 0 Å². The fourth-order valence-electron chi connectivity index (χ4n) is 1.84. The molecule has 0 aromatic rings. The minimum absolute atomic E-state index is 0. The number of allylic oxidation sites excluding steroid dienone is 3. The van der Waals surface area contributed by atoms with E-state index >= 15 is 0 Å². The molecular formula is C13H18LrN-. The first-order valence-corrected chi connectivity index (χ1v) is 5.24. The van der Waals surface area contributed by atoms with Crippen molar-refractivity contribution in [1.29, 1.82) is 0 Å². The van der Waals surface area contributed by atoms with Crippen LogP contribution in [-0.4, -0.2) is 6.54 Å². The van der Waals surface area contributed by atoms with Gasteiger partial charge < -0.3 is 5.32 Å². The summed E-state index contributed by atoms with van der Waals surface area (Å²) in [5, 5.41) is 3.41. The average Bonchev–Trinajstić information content (AvgIpc) is 2.26. The first-order chi connectivity index (χ1) is 6.57. The predicted octanol–water partition coefficient (Wildman–Crippen LogP) is 2.98. The van der Waals surface area contributed by atoms with Gasteiger partial charge in [-0.1, -0.05) is 43.7 Å². The molecule has 1 radical (unpaired) electrons. The number of hydrogen-bond donors (Lipinski definition) is 1. The smallest absolute Gasteiger partial charge is 0.00108 e. The van der Waals surface area contributed by atoms with Crippen molar-refractivity contribution in [1.82, 2.24) is 5.32 Å². The maximum Gasteiger partial charge on any atom is 0.00108 e. The molecule has 1 aliphatic heterocycles. The molecule has 0 aromatic heterocycles. The van der Waals surface area contributed by atoms with Gasteiger partial charge in [0.25, 0.3) is 0 Å². The van der Waals surface area contributed by atoms with Crippen LogP contribution in [0, 0.1) is 11.5 Å². The molecule has 0 saturated heterocycles. The summed E-state index contributed by atoms with van der Waals surface area (Å²) < 4.78 is 0. The van der Waals surface area contributed by atoms with E-state index in [0.29, 0.717) is 0 Å². The van der Waals surface area contributed by atoms with Gasteiger partial charge in [-0.05, 0) is 12.1 Å². The second-order valence-corrected chi connectivity index (χ2v) is 4.85. The Labute approximate surface area is 86.6 Å². The number of nitrogens with one attached hydrogen (secondary N) is 1. The zero-order valence-corrected chi connectivity index (χ0v) is 11.6. The first-order valence-electron chi connectivity index (χ1n) is 5.24. The molecule has 1 aliphatic carbocycles. The summed E-state index contributed by atoms with van der Waals surface area (Å²) in [6.07, 6.45) is 10.2. The SMILES string of the molecule is C[C-]1CC2=C(C=CC(C)(C)C=C2)CN1.[Lr]. The summed E-state index contributed by atoms with van der Waals surface area (Å²) in [4.78, 5) is 0. The van der Waals surface area contributed by atoms with Crippen molar-refractivity contribution in [3.05, 3.63) is 41.5 Å². The summed E-state index contributed by atoms with van der Waals surface area (Å²) >= 11 is 0. The van der Waals surface area contributed by atoms with E-state index in [0.717, 1.165) is 13.0 Å². The third-order valence-electron chi connectivity index (χ3n) is 2.88. The van der Waals surface area contributed by atoms with Crippen molar-refractivity contribution < 1.29 is 0 Å². The van der Waals surface area contributed by atoms with Gasteiger partial charge in [0.1, 0.15) is 0 Å². The van der Waals surface area contributed by atoms with Crippen LogP contribution >= 0.6 is 0 Å². The van der Waals surface area contributed by atoms with Crippen LogP contribution < -0.4 is 5.32 Å². The zero-order chi connectivity index (χ0) is 10.2. The van der Waals surface area contributed by atoms with Crippen LogP contribution in [0.4, 0.5) is 0 Å². The molecule has 0 bridgehead atoms. The fourth-order valence-corrected chi connectivity index (χ4v) is 1.84. The summed E-state index contributed by atoms with van der Waals surface area (Å²) in [6, 6.07) is 1.38. The molecule has 2 aliphatic rings. The molecule has 0 unspecified atom stereocenters. The summed E-state index contributed by atoms with van der Waals surface area (Å²) in [5.41, 5.74) is 3.12. The van der Waals surface area contributed by atoms with E-state index in [1.807, 2.05) is 0 Å². The molecule has 91 valence electrons. The minimum atomic E-state index is 0. The Morgan fingerprint density at radius 1 is 1.20 bits per heavy atom. The molecule has 2 rings (SSSR count). The largest absolute Gasteiger partial charge is 0.463 e. The number of rotatable bonds is 0. The van der Waals surface area contributed by atoms with Crippen LogP contribution in [0.3, 0.4) is 0 Å². The van der Waals surface area contributed by atoms with Crippen LogP contribution in [0.5, 0.6) is 0 Å². The van der Waals surface area contributed by atoms with Crippen molar-refractivity contribution in [3.8, 4) is 0 Å². The van der Waals surface area contributed by atoms with Gasteiger partial charge in [0.15, 0.2) is 0 Å². The molecule has 0 fully saturated rings. The Hall–Kier alpha value is -1.82. The molecule has 0 amide bonds. The van der Waals surface area contributed by atoms with Crippen LogP contribution in [-0.2, 0) is 0 Å². The van der Waals surface area contributed by atoms with Gasteiger partial charge in [0, 0.05) is 5.41 Å². The van der Waals surface area contributed by atoms with Gasteiger partial charge in [-0.25, -0.2) is 0 Å². The van der Waals surface area contributed by atoms with E-state index < -0.39 is 0 Å². The van der Waals surface area contributed by atoms with Crippen molar-refractivity contribution in [3.63, 3.8) is 0 Å². The molecule has 1 N–H and O–H groups in total. The van der Waals surface area contributed by atoms with Crippen LogP contribution in [0.1, 0.15) is 27.2 Å². The topological polar surface area (TPSA) is 12.0 Å². The monoisotopic (exact) mass is 450 g/mol. The van der Waals surface area contributed by atoms with Crippen LogP contribution in [0.2, 0.25) is 0 Å². The third kappa shape index (κ3) is 2.35. The molecule has 0 saturated carbocycles. The second-order valence-electron chi connectivity index (χ2n) is 4.85. The Kier molecular flexibility index (Phi) is 2.81. The standard InChI is InChI=1S/C13H18N.Lr/c1-10-8-11-4-6-13(2,3)7-5-12(11)9-14-10;/h4-7,14H,8-9H2,1-3H3;/q-1;. The van der Waals surface area contributed by atoms with Gasteiger partial charge in [-0.2, -0.15) is 6.92 Å². The summed E-state index contributed by atoms with van der Waals surface area (Å²) in [7, 11) is 0. The summed E-state index contributed by atoms with van der Waals surface area (Å²) in [6.45, 7) is 7.63. The normalized spacial score (nSPS) is 24.5. The molecule has 0 aromatic carbocycles. The van der Waals surface area contributed by atoms with Gasteiger partial charge in [-0.15, -0.1) is 6.42 Å². The van der Waals surface area contributed by atoms with E-state index in [1.54, 1.807) is 0 Å². The zero-order valence-electron chi connectivity index (χ0n) is 9.48. The van der Waals surface area contributed by atoms with Gasteiger partial charge in [0.2, 0.25) is 0 Å². The molecule has 1 heterocycles. The first kappa shape index (κ1) is 11.3. The second kappa shape index (κ2) is 3.74. The molecule has 0 spiro atoms. The van der Waals surface area contributed by atoms with E-state index in [4.69, 9.17) is 0 Å². The van der Waals surface area contributed by atoms with Gasteiger partial charge >= 0.3 is 0 Å². The Morgan fingerprint density at radius 3 is 2.47 bits per heavy atom. The van der Waals surface area contributed by atoms with E-state index in [1.165, 1.54) is 17.2 Å². The predicted molar refractivity (Wildman–Crippen MR) is 60.6 cm³/mol. The number of hydrogen-bond acceptors (Lipinski definition) is 1. The van der Waals surface area contributed by atoms with E-state index in [2.05, 4.69) is 50.4 Å². The van der Waals surface area contributed by atoms with E-state index in [-0.39, 0.29) is 5.41 Å². The maximum absolute atomic E-state index is 3.41. The molecule has 0 atom stereocenters. The summed E-state index contributed by atoms with van der Waals surface area (Å²) in [5.74, 6) is 0. The van der Waals surface area contributed by atoms with Crippen molar-refractivity contribution in [2.45, 2.75) is 27.2 Å². The van der Waals surface area contributed by atoms with Crippen LogP contribution in [0.25, 0.3) is 0 Å². The van der Waals surface area contributed by atoms with Crippen molar-refractivity contribution in [2.75, 3.05) is 6.54 Å². The molecular weight excluding hydrogens is 432 g/mol. The van der Waals surface area contributed by atoms with E-state index in [9.17, 15) is 0 Å². The Bertz CT molecular complexity index is 323. The molecule has 2 heteroatoms. The maximum atomic E-state index is 3.41. The van der Waals surface area contributed by atoms with Crippen molar-refractivity contribution in [2.24, 2.45) is 5.41 Å². The average molecular weight is 450 g/mol. The fraction of sp³-hybridized carbons (Fsp3) is 0.462. The third-order valence-corrected chi connectivity index (χ3v) is 2.88. The van der Waals surface area contributed by atoms with Crippen molar-refractivity contribution >= 4 is 0 Å². The molecule has 15 heavy (non-hydrogen) atoms. The quantitative estimate of drug-likeness (QED) is 0.560. The molecule has 1 nitrogen and oxygen atoms in total. The Morgan fingerprint density at radius 2 is 1.80 bits per heavy atom. The van der Waals surface area contributed by atoms with Gasteiger partial charge in [-0.3, -0.25) is 6.04 Å².